The summed E-state index contributed by atoms with van der Waals surface area (Å²) in [7, 11) is 1.56. The van der Waals surface area contributed by atoms with E-state index in [1.165, 1.54) is 6.07 Å². The van der Waals surface area contributed by atoms with Gasteiger partial charge in [-0.1, -0.05) is 6.07 Å². The number of nitrogen functional groups attached to an aromatic ring is 1. The summed E-state index contributed by atoms with van der Waals surface area (Å²) in [5, 5.41) is 0. The quantitative estimate of drug-likeness (QED) is 0.794. The minimum Gasteiger partial charge on any atom is -0.481 e. The van der Waals surface area contributed by atoms with E-state index in [0.717, 1.165) is 5.56 Å². The smallest absolute Gasteiger partial charge is 0.213 e. The minimum atomic E-state index is -0.375. The average molecular weight is 272 g/mol. The zero-order chi connectivity index (χ0) is 14.1. The second-order valence-corrected chi connectivity index (χ2v) is 4.37. The Hall–Kier alpha value is -2.63. The van der Waals surface area contributed by atoms with Crippen LogP contribution in [-0.2, 0) is 6.54 Å². The van der Waals surface area contributed by atoms with Crippen molar-refractivity contribution in [2.24, 2.45) is 0 Å². The maximum Gasteiger partial charge on any atom is 0.213 e. The van der Waals surface area contributed by atoms with Crippen molar-refractivity contribution in [2.45, 2.75) is 6.54 Å². The third-order valence-corrected chi connectivity index (χ3v) is 3.11. The number of nitrogens with zero attached hydrogens (tertiary/aromatic N) is 3. The first-order valence-corrected chi connectivity index (χ1v) is 6.08. The minimum absolute atomic E-state index is 0.279. The van der Waals surface area contributed by atoms with E-state index < -0.39 is 0 Å². The number of para-hydroxylation sites is 1. The SMILES string of the molecule is COc1cc(Cn2c(N)nc3c(F)cccc32)ccn1. The van der Waals surface area contributed by atoms with Gasteiger partial charge in [-0.15, -0.1) is 0 Å². The fourth-order valence-corrected chi connectivity index (χ4v) is 2.14. The Morgan fingerprint density at radius 2 is 2.20 bits per heavy atom. The first kappa shape index (κ1) is 12.4. The van der Waals surface area contributed by atoms with Crippen LogP contribution in [0, 0.1) is 5.82 Å². The predicted molar refractivity (Wildman–Crippen MR) is 74.0 cm³/mol. The monoisotopic (exact) mass is 272 g/mol. The maximum absolute atomic E-state index is 13.7. The lowest BCUT2D eigenvalue weighted by Crippen LogP contribution is -2.05. The summed E-state index contributed by atoms with van der Waals surface area (Å²) in [4.78, 5) is 8.12. The number of methoxy groups -OCH3 is 1. The summed E-state index contributed by atoms with van der Waals surface area (Å²) in [5.41, 5.74) is 7.78. The van der Waals surface area contributed by atoms with Crippen LogP contribution in [-0.4, -0.2) is 21.6 Å². The van der Waals surface area contributed by atoms with Crippen LogP contribution < -0.4 is 10.5 Å². The molecule has 0 radical (unpaired) electrons. The standard InChI is InChI=1S/C14H13FN4O/c1-20-12-7-9(5-6-17-12)8-19-11-4-2-3-10(15)13(11)18-14(19)16/h2-7H,8H2,1H3,(H2,16,18). The van der Waals surface area contributed by atoms with Gasteiger partial charge in [-0.05, 0) is 23.8 Å². The van der Waals surface area contributed by atoms with Crippen LogP contribution in [0.3, 0.4) is 0 Å². The Labute approximate surface area is 114 Å². The summed E-state index contributed by atoms with van der Waals surface area (Å²) in [6.45, 7) is 0.477. The highest BCUT2D eigenvalue weighted by Crippen LogP contribution is 2.22. The molecule has 0 fully saturated rings. The molecule has 0 aliphatic heterocycles. The van der Waals surface area contributed by atoms with Gasteiger partial charge in [0.05, 0.1) is 19.2 Å². The molecule has 0 bridgehead atoms. The summed E-state index contributed by atoms with van der Waals surface area (Å²) in [6.07, 6.45) is 1.66. The molecule has 5 nitrogen and oxygen atoms in total. The number of fused-ring (bicyclic) bond motifs is 1. The number of benzene rings is 1. The summed E-state index contributed by atoms with van der Waals surface area (Å²) in [5.74, 6) is 0.429. The van der Waals surface area contributed by atoms with Crippen molar-refractivity contribution >= 4 is 17.0 Å². The highest BCUT2D eigenvalue weighted by Gasteiger charge is 2.12. The Morgan fingerprint density at radius 3 is 3.00 bits per heavy atom. The molecule has 6 heteroatoms. The lowest BCUT2D eigenvalue weighted by atomic mass is 10.2. The molecule has 0 saturated carbocycles. The van der Waals surface area contributed by atoms with E-state index >= 15 is 0 Å². The number of anilines is 1. The van der Waals surface area contributed by atoms with Crippen molar-refractivity contribution in [1.29, 1.82) is 0 Å². The number of hydrogen-bond donors (Lipinski definition) is 1. The molecule has 102 valence electrons. The van der Waals surface area contributed by atoms with E-state index in [1.54, 1.807) is 30.0 Å². The molecule has 1 aromatic carbocycles. The Morgan fingerprint density at radius 1 is 1.35 bits per heavy atom. The fourth-order valence-electron chi connectivity index (χ4n) is 2.14. The third kappa shape index (κ3) is 2.05. The molecule has 0 amide bonds. The van der Waals surface area contributed by atoms with Crippen molar-refractivity contribution in [3.8, 4) is 5.88 Å². The molecule has 0 unspecified atom stereocenters. The largest absolute Gasteiger partial charge is 0.481 e. The zero-order valence-corrected chi connectivity index (χ0v) is 10.9. The molecule has 3 rings (SSSR count). The molecule has 2 heterocycles. The Kier molecular flexibility index (Phi) is 2.98. The van der Waals surface area contributed by atoms with Crippen LogP contribution in [0.1, 0.15) is 5.56 Å². The molecule has 0 aliphatic rings. The van der Waals surface area contributed by atoms with Crippen LogP contribution >= 0.6 is 0 Å². The molecule has 20 heavy (non-hydrogen) atoms. The molecule has 2 aromatic heterocycles. The number of pyridine rings is 1. The highest BCUT2D eigenvalue weighted by molar-refractivity contribution is 5.79. The second kappa shape index (κ2) is 4.80. The lowest BCUT2D eigenvalue weighted by molar-refractivity contribution is 0.397. The van der Waals surface area contributed by atoms with Crippen LogP contribution in [0.15, 0.2) is 36.5 Å². The van der Waals surface area contributed by atoms with Crippen LogP contribution in [0.4, 0.5) is 10.3 Å². The van der Waals surface area contributed by atoms with E-state index in [0.29, 0.717) is 17.9 Å². The van der Waals surface area contributed by atoms with E-state index in [9.17, 15) is 4.39 Å². The molecule has 0 aliphatic carbocycles. The van der Waals surface area contributed by atoms with Crippen molar-refractivity contribution in [1.82, 2.24) is 14.5 Å². The summed E-state index contributed by atoms with van der Waals surface area (Å²) < 4.78 is 20.5. The highest BCUT2D eigenvalue weighted by atomic mass is 19.1. The third-order valence-electron chi connectivity index (χ3n) is 3.11. The second-order valence-electron chi connectivity index (χ2n) is 4.37. The number of imidazole rings is 1. The summed E-state index contributed by atoms with van der Waals surface area (Å²) >= 11 is 0. The number of ether oxygens (including phenoxy) is 1. The first-order valence-electron chi connectivity index (χ1n) is 6.08. The van der Waals surface area contributed by atoms with Gasteiger partial charge in [-0.25, -0.2) is 14.4 Å². The van der Waals surface area contributed by atoms with Crippen molar-refractivity contribution < 1.29 is 9.13 Å². The number of rotatable bonds is 3. The molecule has 0 atom stereocenters. The molecule has 0 saturated heterocycles. The number of nitrogens with two attached hydrogens (primary N) is 1. The van der Waals surface area contributed by atoms with E-state index in [1.807, 2.05) is 12.1 Å². The molecular formula is C14H13FN4O. The van der Waals surface area contributed by atoms with Gasteiger partial charge in [0, 0.05) is 12.3 Å². The van der Waals surface area contributed by atoms with Crippen LogP contribution in [0.5, 0.6) is 5.88 Å². The Balaban J connectivity index is 2.06. The normalized spacial score (nSPS) is 10.9. The molecule has 2 N–H and O–H groups in total. The summed E-state index contributed by atoms with van der Waals surface area (Å²) in [6, 6.07) is 8.47. The predicted octanol–water partition coefficient (Wildman–Crippen LogP) is 2.21. The van der Waals surface area contributed by atoms with Gasteiger partial charge in [-0.3, -0.25) is 0 Å². The molecule has 0 spiro atoms. The van der Waals surface area contributed by atoms with E-state index in [4.69, 9.17) is 10.5 Å². The number of aromatic nitrogens is 3. The number of halogens is 1. The van der Waals surface area contributed by atoms with Gasteiger partial charge < -0.3 is 15.0 Å². The van der Waals surface area contributed by atoms with Crippen molar-refractivity contribution in [3.63, 3.8) is 0 Å². The van der Waals surface area contributed by atoms with Gasteiger partial charge in [0.25, 0.3) is 0 Å². The fraction of sp³-hybridized carbons (Fsp3) is 0.143. The maximum atomic E-state index is 13.7. The van der Waals surface area contributed by atoms with Gasteiger partial charge >= 0.3 is 0 Å². The Bertz CT molecular complexity index is 769. The van der Waals surface area contributed by atoms with E-state index in [-0.39, 0.29) is 17.3 Å². The zero-order valence-electron chi connectivity index (χ0n) is 10.9. The lowest BCUT2D eigenvalue weighted by Gasteiger charge is -2.07. The van der Waals surface area contributed by atoms with Crippen LogP contribution in [0.2, 0.25) is 0 Å². The van der Waals surface area contributed by atoms with Gasteiger partial charge in [0.1, 0.15) is 5.52 Å². The van der Waals surface area contributed by atoms with Gasteiger partial charge in [0.2, 0.25) is 11.8 Å². The molecular weight excluding hydrogens is 259 g/mol. The number of hydrogen-bond acceptors (Lipinski definition) is 4. The van der Waals surface area contributed by atoms with Crippen molar-refractivity contribution in [3.05, 3.63) is 47.9 Å². The first-order chi connectivity index (χ1) is 9.69. The van der Waals surface area contributed by atoms with Crippen molar-refractivity contribution in [2.75, 3.05) is 12.8 Å². The molecule has 3 aromatic rings. The topological polar surface area (TPSA) is 66.0 Å². The average Bonchev–Trinajstić information content (AvgIpc) is 2.78. The van der Waals surface area contributed by atoms with Gasteiger partial charge in [-0.2, -0.15) is 0 Å². The van der Waals surface area contributed by atoms with Gasteiger partial charge in [0.15, 0.2) is 5.82 Å². The van der Waals surface area contributed by atoms with E-state index in [2.05, 4.69) is 9.97 Å². The van der Waals surface area contributed by atoms with Crippen LogP contribution in [0.25, 0.3) is 11.0 Å².